The van der Waals surface area contributed by atoms with E-state index in [4.69, 9.17) is 21.1 Å². The maximum atomic E-state index is 13.0. The number of carboxylic acid groups (broad SMARTS) is 1. The molecule has 10 heteroatoms. The summed E-state index contributed by atoms with van der Waals surface area (Å²) in [6.45, 7) is 7.97. The predicted octanol–water partition coefficient (Wildman–Crippen LogP) is 4.21. The van der Waals surface area contributed by atoms with Gasteiger partial charge in [0.1, 0.15) is 22.9 Å². The van der Waals surface area contributed by atoms with Crippen molar-refractivity contribution in [2.24, 2.45) is 5.41 Å². The number of anilines is 3. The van der Waals surface area contributed by atoms with Crippen LogP contribution in [0.4, 0.5) is 17.1 Å². The van der Waals surface area contributed by atoms with E-state index in [0.717, 1.165) is 5.76 Å². The number of carbonyl (C=O) groups excluding carboxylic acids is 1. The number of furan rings is 1. The molecule has 35 heavy (non-hydrogen) atoms. The molecule has 0 saturated carbocycles. The highest BCUT2D eigenvalue weighted by Crippen LogP contribution is 2.39. The monoisotopic (exact) mass is 499 g/mol. The van der Waals surface area contributed by atoms with Crippen LogP contribution in [0.25, 0.3) is 0 Å². The summed E-state index contributed by atoms with van der Waals surface area (Å²) in [6, 6.07) is 6.42. The van der Waals surface area contributed by atoms with Gasteiger partial charge in [-0.3, -0.25) is 19.2 Å². The molecule has 2 heterocycles. The summed E-state index contributed by atoms with van der Waals surface area (Å²) in [5.74, 6) is -0.0522. The Morgan fingerprint density at radius 3 is 2.43 bits per heavy atom. The quantitative estimate of drug-likeness (QED) is 0.393. The van der Waals surface area contributed by atoms with E-state index in [9.17, 15) is 19.2 Å². The molecule has 0 bridgehead atoms. The maximum Gasteiger partial charge on any atom is 0.305 e. The lowest BCUT2D eigenvalue weighted by Crippen LogP contribution is -2.39. The fourth-order valence-electron chi connectivity index (χ4n) is 4.21. The Bertz CT molecular complexity index is 1390. The van der Waals surface area contributed by atoms with Gasteiger partial charge in [-0.15, -0.1) is 0 Å². The highest BCUT2D eigenvalue weighted by atomic mass is 35.5. The average molecular weight is 500 g/mol. The molecule has 4 rings (SSSR count). The lowest BCUT2D eigenvalue weighted by Gasteiger charge is -2.31. The van der Waals surface area contributed by atoms with Gasteiger partial charge in [0, 0.05) is 23.7 Å². The molecule has 1 aliphatic rings. The third-order valence-electron chi connectivity index (χ3n) is 6.07. The van der Waals surface area contributed by atoms with Crippen LogP contribution in [-0.2, 0) is 11.3 Å². The zero-order valence-electron chi connectivity index (χ0n) is 19.8. The number of carbonyl (C=O) groups is 2. The molecule has 0 fully saturated rings. The number of aliphatic carboxylic acids is 1. The van der Waals surface area contributed by atoms with E-state index in [1.807, 2.05) is 39.8 Å². The third kappa shape index (κ3) is 4.55. The minimum Gasteiger partial charge on any atom is -0.481 e. The van der Waals surface area contributed by atoms with Crippen molar-refractivity contribution in [3.05, 3.63) is 72.4 Å². The van der Waals surface area contributed by atoms with Crippen molar-refractivity contribution < 1.29 is 19.1 Å². The molecule has 0 unspecified atom stereocenters. The molecule has 9 nitrogen and oxygen atoms in total. The number of amides is 1. The van der Waals surface area contributed by atoms with Crippen LogP contribution in [0.2, 0.25) is 5.02 Å². The zero-order valence-corrected chi connectivity index (χ0v) is 20.6. The zero-order chi connectivity index (χ0) is 25.7. The van der Waals surface area contributed by atoms with E-state index >= 15 is 0 Å². The van der Waals surface area contributed by atoms with Crippen molar-refractivity contribution in [1.82, 2.24) is 4.90 Å². The largest absolute Gasteiger partial charge is 0.481 e. The second-order valence-electron chi connectivity index (χ2n) is 9.74. The minimum absolute atomic E-state index is 0.0291. The van der Waals surface area contributed by atoms with E-state index in [2.05, 4.69) is 10.6 Å². The predicted molar refractivity (Wildman–Crippen MR) is 132 cm³/mol. The molecule has 0 radical (unpaired) electrons. The molecule has 1 aliphatic heterocycles. The van der Waals surface area contributed by atoms with Crippen molar-refractivity contribution in [3.8, 4) is 0 Å². The number of halogens is 1. The van der Waals surface area contributed by atoms with E-state index < -0.39 is 28.8 Å². The van der Waals surface area contributed by atoms with Gasteiger partial charge in [-0.1, -0.05) is 32.4 Å². The number of aryl methyl sites for hydroxylation is 1. The fourth-order valence-corrected chi connectivity index (χ4v) is 4.43. The van der Waals surface area contributed by atoms with Crippen LogP contribution in [0, 0.1) is 12.3 Å². The van der Waals surface area contributed by atoms with Gasteiger partial charge >= 0.3 is 5.97 Å². The van der Waals surface area contributed by atoms with Crippen molar-refractivity contribution in [2.45, 2.75) is 46.7 Å². The Balaban J connectivity index is 1.66. The van der Waals surface area contributed by atoms with E-state index in [-0.39, 0.29) is 41.9 Å². The lowest BCUT2D eigenvalue weighted by atomic mass is 9.85. The maximum absolute atomic E-state index is 13.0. The standard InChI is InChI=1S/C25H26ClN3O6/c1-12-5-8-16(35-12)23(25(2,3)4)28-20-19(21(32)22(20)33)27-15-7-6-14(26)13-11-29(10-9-17(30)31)24(34)18(13)15/h5-8,23,27-28H,9-11H2,1-4H3,(H,30,31)/t23-/m0/s1. The van der Waals surface area contributed by atoms with Gasteiger partial charge in [0.25, 0.3) is 16.8 Å². The highest BCUT2D eigenvalue weighted by molar-refractivity contribution is 6.32. The molecule has 1 atom stereocenters. The van der Waals surface area contributed by atoms with Gasteiger partial charge in [-0.2, -0.15) is 0 Å². The van der Waals surface area contributed by atoms with Crippen LogP contribution in [0.15, 0.2) is 38.3 Å². The van der Waals surface area contributed by atoms with Crippen molar-refractivity contribution in [2.75, 3.05) is 17.2 Å². The number of nitrogens with zero attached hydrogens (tertiary/aromatic N) is 1. The number of carboxylic acids is 1. The number of rotatable bonds is 8. The summed E-state index contributed by atoms with van der Waals surface area (Å²) in [4.78, 5) is 50.4. The third-order valence-corrected chi connectivity index (χ3v) is 6.43. The first kappa shape index (κ1) is 24.5. The summed E-state index contributed by atoms with van der Waals surface area (Å²) in [7, 11) is 0. The minimum atomic E-state index is -1.02. The van der Waals surface area contributed by atoms with Crippen LogP contribution in [-0.4, -0.2) is 28.4 Å². The van der Waals surface area contributed by atoms with Crippen molar-refractivity contribution >= 4 is 40.5 Å². The summed E-state index contributed by atoms with van der Waals surface area (Å²) >= 11 is 6.31. The molecule has 3 N–H and O–H groups in total. The first-order chi connectivity index (χ1) is 16.4. The van der Waals surface area contributed by atoms with Gasteiger partial charge in [0.2, 0.25) is 0 Å². The van der Waals surface area contributed by atoms with Crippen LogP contribution in [0.3, 0.4) is 0 Å². The van der Waals surface area contributed by atoms with Crippen LogP contribution < -0.4 is 21.5 Å². The van der Waals surface area contributed by atoms with Gasteiger partial charge in [-0.25, -0.2) is 0 Å². The molecule has 1 aromatic heterocycles. The first-order valence-corrected chi connectivity index (χ1v) is 11.5. The van der Waals surface area contributed by atoms with Crippen molar-refractivity contribution in [1.29, 1.82) is 0 Å². The van der Waals surface area contributed by atoms with Gasteiger partial charge in [-0.05, 0) is 36.6 Å². The Morgan fingerprint density at radius 1 is 1.14 bits per heavy atom. The first-order valence-electron chi connectivity index (χ1n) is 11.1. The van der Waals surface area contributed by atoms with Crippen LogP contribution in [0.1, 0.15) is 60.7 Å². The van der Waals surface area contributed by atoms with E-state index in [1.54, 1.807) is 12.1 Å². The summed E-state index contributed by atoms with van der Waals surface area (Å²) < 4.78 is 5.79. The van der Waals surface area contributed by atoms with Gasteiger partial charge in [0.15, 0.2) is 0 Å². The summed E-state index contributed by atoms with van der Waals surface area (Å²) in [5, 5.41) is 15.5. The molecule has 184 valence electrons. The summed E-state index contributed by atoms with van der Waals surface area (Å²) in [5.41, 5.74) is -0.436. The average Bonchev–Trinajstić information content (AvgIpc) is 3.35. The second-order valence-corrected chi connectivity index (χ2v) is 10.2. The van der Waals surface area contributed by atoms with E-state index in [0.29, 0.717) is 22.0 Å². The number of hydrogen-bond acceptors (Lipinski definition) is 7. The molecular weight excluding hydrogens is 474 g/mol. The molecule has 1 amide bonds. The summed E-state index contributed by atoms with van der Waals surface area (Å²) in [6.07, 6.45) is -0.202. The molecule has 0 saturated heterocycles. The van der Waals surface area contributed by atoms with Gasteiger partial charge in [0.05, 0.1) is 23.7 Å². The van der Waals surface area contributed by atoms with Crippen LogP contribution >= 0.6 is 11.6 Å². The SMILES string of the molecule is Cc1ccc([C@H](Nc2c(Nc3ccc(Cl)c4c3C(=O)N(CCC(=O)O)C4)c(=O)c2=O)C(C)(C)C)o1. The van der Waals surface area contributed by atoms with E-state index in [1.165, 1.54) is 4.90 Å². The molecule has 0 spiro atoms. The number of benzene rings is 1. The number of hydrogen-bond donors (Lipinski definition) is 3. The Hall–Kier alpha value is -3.59. The number of nitrogens with one attached hydrogen (secondary N) is 2. The fraction of sp³-hybridized carbons (Fsp3) is 0.360. The smallest absolute Gasteiger partial charge is 0.305 e. The molecule has 3 aromatic rings. The molecular formula is C25H26ClN3O6. The molecule has 2 aromatic carbocycles. The number of fused-ring (bicyclic) bond motifs is 1. The lowest BCUT2D eigenvalue weighted by molar-refractivity contribution is -0.137. The Kier molecular flexibility index (Phi) is 6.23. The Labute approximate surface area is 206 Å². The second kappa shape index (κ2) is 8.88. The highest BCUT2D eigenvalue weighted by Gasteiger charge is 2.35. The normalized spacial score (nSPS) is 14.3. The molecule has 0 aliphatic carbocycles. The Morgan fingerprint density at radius 2 is 1.83 bits per heavy atom. The van der Waals surface area contributed by atoms with Crippen LogP contribution in [0.5, 0.6) is 0 Å². The topological polar surface area (TPSA) is 129 Å². The van der Waals surface area contributed by atoms with Crippen molar-refractivity contribution in [3.63, 3.8) is 0 Å². The van der Waals surface area contributed by atoms with Gasteiger partial charge < -0.3 is 25.1 Å².